The van der Waals surface area contributed by atoms with Gasteiger partial charge in [-0.1, -0.05) is 0 Å². The molecule has 3 N–H and O–H groups in total. The number of ether oxygens (including phenoxy) is 1. The normalized spacial score (nSPS) is 23.4. The molecule has 4 heteroatoms. The Labute approximate surface area is 108 Å². The summed E-state index contributed by atoms with van der Waals surface area (Å²) in [5.41, 5.74) is 7.56. The van der Waals surface area contributed by atoms with Crippen LogP contribution in [-0.2, 0) is 4.74 Å². The van der Waals surface area contributed by atoms with Gasteiger partial charge in [-0.25, -0.2) is 4.79 Å². The number of anilines is 1. The fourth-order valence-electron chi connectivity index (χ4n) is 2.41. The van der Waals surface area contributed by atoms with Crippen LogP contribution in [0, 0.1) is 0 Å². The van der Waals surface area contributed by atoms with Crippen LogP contribution in [0.5, 0.6) is 0 Å². The van der Waals surface area contributed by atoms with E-state index in [1.54, 1.807) is 12.1 Å². The van der Waals surface area contributed by atoms with Crippen molar-refractivity contribution in [3.8, 4) is 0 Å². The van der Waals surface area contributed by atoms with Crippen LogP contribution in [0.15, 0.2) is 24.3 Å². The first-order valence-electron chi connectivity index (χ1n) is 6.39. The van der Waals surface area contributed by atoms with E-state index in [2.05, 4.69) is 10.1 Å². The largest absolute Gasteiger partial charge is 0.465 e. The van der Waals surface area contributed by atoms with Crippen molar-refractivity contribution in [2.75, 3.05) is 12.4 Å². The maximum absolute atomic E-state index is 11.3. The van der Waals surface area contributed by atoms with Crippen LogP contribution in [0.2, 0.25) is 0 Å². The van der Waals surface area contributed by atoms with E-state index in [1.807, 2.05) is 12.1 Å². The quantitative estimate of drug-likeness (QED) is 0.804. The second-order valence-electron chi connectivity index (χ2n) is 4.84. The molecule has 1 aromatic rings. The first kappa shape index (κ1) is 12.9. The molecule has 98 valence electrons. The third-order valence-electron chi connectivity index (χ3n) is 3.39. The standard InChI is InChI=1S/C14H20N2O2/c1-18-14(17)10-5-7-12(8-6-10)16-13-4-2-3-11(15)9-13/h5-8,11,13,16H,2-4,9,15H2,1H3. The van der Waals surface area contributed by atoms with Crippen LogP contribution in [0.1, 0.15) is 36.0 Å². The molecular formula is C14H20N2O2. The van der Waals surface area contributed by atoms with Crippen LogP contribution in [0.25, 0.3) is 0 Å². The van der Waals surface area contributed by atoms with Gasteiger partial charge < -0.3 is 15.8 Å². The molecule has 0 amide bonds. The van der Waals surface area contributed by atoms with Crippen molar-refractivity contribution in [3.05, 3.63) is 29.8 Å². The average Bonchev–Trinajstić information content (AvgIpc) is 2.39. The van der Waals surface area contributed by atoms with Crippen LogP contribution < -0.4 is 11.1 Å². The molecule has 1 saturated carbocycles. The van der Waals surface area contributed by atoms with Gasteiger partial charge in [-0.15, -0.1) is 0 Å². The molecule has 0 bridgehead atoms. The Balaban J connectivity index is 1.95. The number of rotatable bonds is 3. The second kappa shape index (κ2) is 5.87. The highest BCUT2D eigenvalue weighted by Crippen LogP contribution is 2.21. The van der Waals surface area contributed by atoms with E-state index in [0.717, 1.165) is 24.9 Å². The van der Waals surface area contributed by atoms with E-state index < -0.39 is 0 Å². The lowest BCUT2D eigenvalue weighted by molar-refractivity contribution is 0.0601. The van der Waals surface area contributed by atoms with E-state index in [9.17, 15) is 4.79 Å². The monoisotopic (exact) mass is 248 g/mol. The van der Waals surface area contributed by atoms with Crippen molar-refractivity contribution in [2.24, 2.45) is 5.73 Å². The van der Waals surface area contributed by atoms with E-state index in [-0.39, 0.29) is 5.97 Å². The zero-order valence-corrected chi connectivity index (χ0v) is 10.7. The maximum atomic E-state index is 11.3. The number of esters is 1. The second-order valence-corrected chi connectivity index (χ2v) is 4.84. The number of carbonyl (C=O) groups is 1. The summed E-state index contributed by atoms with van der Waals surface area (Å²) in [7, 11) is 1.39. The molecule has 1 fully saturated rings. The van der Waals surface area contributed by atoms with Gasteiger partial charge in [0.25, 0.3) is 0 Å². The third kappa shape index (κ3) is 3.23. The Morgan fingerprint density at radius 2 is 2.06 bits per heavy atom. The summed E-state index contributed by atoms with van der Waals surface area (Å²) in [4.78, 5) is 11.3. The first-order chi connectivity index (χ1) is 8.69. The van der Waals surface area contributed by atoms with Gasteiger partial charge in [-0.05, 0) is 49.9 Å². The van der Waals surface area contributed by atoms with E-state index in [4.69, 9.17) is 5.73 Å². The summed E-state index contributed by atoms with van der Waals surface area (Å²) in [6.45, 7) is 0. The Bertz CT molecular complexity index is 403. The minimum atomic E-state index is -0.304. The molecule has 18 heavy (non-hydrogen) atoms. The van der Waals surface area contributed by atoms with Crippen molar-refractivity contribution in [1.82, 2.24) is 0 Å². The lowest BCUT2D eigenvalue weighted by Gasteiger charge is -2.28. The van der Waals surface area contributed by atoms with Crippen molar-refractivity contribution >= 4 is 11.7 Å². The van der Waals surface area contributed by atoms with Crippen molar-refractivity contribution in [2.45, 2.75) is 37.8 Å². The van der Waals surface area contributed by atoms with Crippen molar-refractivity contribution in [3.63, 3.8) is 0 Å². The number of nitrogens with one attached hydrogen (secondary N) is 1. The zero-order chi connectivity index (χ0) is 13.0. The number of nitrogens with two attached hydrogens (primary N) is 1. The SMILES string of the molecule is COC(=O)c1ccc(NC2CCCC(N)C2)cc1. The Kier molecular flexibility index (Phi) is 4.20. The highest BCUT2D eigenvalue weighted by Gasteiger charge is 2.18. The smallest absolute Gasteiger partial charge is 0.337 e. The van der Waals surface area contributed by atoms with E-state index >= 15 is 0 Å². The predicted molar refractivity (Wildman–Crippen MR) is 71.6 cm³/mol. The molecule has 1 aliphatic carbocycles. The third-order valence-corrected chi connectivity index (χ3v) is 3.39. The molecule has 2 atom stereocenters. The van der Waals surface area contributed by atoms with Crippen LogP contribution in [0.3, 0.4) is 0 Å². The minimum absolute atomic E-state index is 0.304. The summed E-state index contributed by atoms with van der Waals surface area (Å²) < 4.78 is 4.66. The van der Waals surface area contributed by atoms with Gasteiger partial charge in [0.1, 0.15) is 0 Å². The van der Waals surface area contributed by atoms with Gasteiger partial charge in [0, 0.05) is 17.8 Å². The number of benzene rings is 1. The molecule has 0 heterocycles. The molecule has 0 aromatic heterocycles. The summed E-state index contributed by atoms with van der Waals surface area (Å²) in [5, 5.41) is 3.46. The van der Waals surface area contributed by atoms with E-state index in [1.165, 1.54) is 13.5 Å². The lowest BCUT2D eigenvalue weighted by Crippen LogP contribution is -2.34. The van der Waals surface area contributed by atoms with Gasteiger partial charge >= 0.3 is 5.97 Å². The zero-order valence-electron chi connectivity index (χ0n) is 10.7. The highest BCUT2D eigenvalue weighted by molar-refractivity contribution is 5.89. The van der Waals surface area contributed by atoms with Gasteiger partial charge in [0.05, 0.1) is 12.7 Å². The van der Waals surface area contributed by atoms with Gasteiger partial charge in [0.15, 0.2) is 0 Å². The predicted octanol–water partition coefficient (Wildman–Crippen LogP) is 2.16. The van der Waals surface area contributed by atoms with E-state index in [0.29, 0.717) is 17.6 Å². The minimum Gasteiger partial charge on any atom is -0.465 e. The fourth-order valence-corrected chi connectivity index (χ4v) is 2.41. The number of carbonyl (C=O) groups excluding carboxylic acids is 1. The number of hydrogen-bond donors (Lipinski definition) is 2. The average molecular weight is 248 g/mol. The highest BCUT2D eigenvalue weighted by atomic mass is 16.5. The number of hydrogen-bond acceptors (Lipinski definition) is 4. The molecular weight excluding hydrogens is 228 g/mol. The molecule has 0 aliphatic heterocycles. The summed E-state index contributed by atoms with van der Waals surface area (Å²) in [6, 6.07) is 8.12. The molecule has 0 radical (unpaired) electrons. The number of methoxy groups -OCH3 is 1. The van der Waals surface area contributed by atoms with Crippen LogP contribution in [0.4, 0.5) is 5.69 Å². The molecule has 4 nitrogen and oxygen atoms in total. The summed E-state index contributed by atoms with van der Waals surface area (Å²) in [5.74, 6) is -0.304. The molecule has 1 aliphatic rings. The van der Waals surface area contributed by atoms with Crippen molar-refractivity contribution < 1.29 is 9.53 Å². The Hall–Kier alpha value is -1.55. The Morgan fingerprint density at radius 3 is 2.67 bits per heavy atom. The van der Waals surface area contributed by atoms with Gasteiger partial charge in [-0.2, -0.15) is 0 Å². The molecule has 0 spiro atoms. The summed E-state index contributed by atoms with van der Waals surface area (Å²) >= 11 is 0. The van der Waals surface area contributed by atoms with Crippen LogP contribution >= 0.6 is 0 Å². The fraction of sp³-hybridized carbons (Fsp3) is 0.500. The first-order valence-corrected chi connectivity index (χ1v) is 6.39. The van der Waals surface area contributed by atoms with Crippen molar-refractivity contribution in [1.29, 1.82) is 0 Å². The summed E-state index contributed by atoms with van der Waals surface area (Å²) in [6.07, 6.45) is 4.48. The Morgan fingerprint density at radius 1 is 1.33 bits per heavy atom. The molecule has 0 saturated heterocycles. The van der Waals surface area contributed by atoms with Gasteiger partial charge in [0.2, 0.25) is 0 Å². The van der Waals surface area contributed by atoms with Crippen LogP contribution in [-0.4, -0.2) is 25.2 Å². The molecule has 2 unspecified atom stereocenters. The molecule has 1 aromatic carbocycles. The molecule has 2 rings (SSSR count). The lowest BCUT2D eigenvalue weighted by atomic mass is 9.91. The van der Waals surface area contributed by atoms with Gasteiger partial charge in [-0.3, -0.25) is 0 Å². The maximum Gasteiger partial charge on any atom is 0.337 e. The topological polar surface area (TPSA) is 64.3 Å².